The number of ether oxygens (including phenoxy) is 1. The van der Waals surface area contributed by atoms with Gasteiger partial charge in [-0.25, -0.2) is 4.79 Å². The van der Waals surface area contributed by atoms with Gasteiger partial charge < -0.3 is 10.1 Å². The van der Waals surface area contributed by atoms with Gasteiger partial charge in [0, 0.05) is 18.3 Å². The van der Waals surface area contributed by atoms with Crippen LogP contribution in [0.5, 0.6) is 0 Å². The molecule has 2 aromatic rings. The zero-order chi connectivity index (χ0) is 19.5. The van der Waals surface area contributed by atoms with E-state index in [9.17, 15) is 14.9 Å². The van der Waals surface area contributed by atoms with Crippen molar-refractivity contribution in [3.63, 3.8) is 0 Å². The molecule has 0 fully saturated rings. The highest BCUT2D eigenvalue weighted by molar-refractivity contribution is 9.10. The quantitative estimate of drug-likeness (QED) is 0.577. The molecule has 1 N–H and O–H groups in total. The molecule has 0 radical (unpaired) electrons. The molecule has 1 aromatic carbocycles. The molecule has 1 unspecified atom stereocenters. The van der Waals surface area contributed by atoms with E-state index in [1.807, 2.05) is 0 Å². The predicted molar refractivity (Wildman–Crippen MR) is 99.7 cm³/mol. The van der Waals surface area contributed by atoms with Gasteiger partial charge in [-0.1, -0.05) is 12.1 Å². The van der Waals surface area contributed by atoms with Crippen molar-refractivity contribution in [1.29, 1.82) is 0 Å². The highest BCUT2D eigenvalue weighted by Crippen LogP contribution is 2.27. The average Bonchev–Trinajstić information content (AvgIpc) is 2.90. The molecular formula is C17H21BrN4O4. The average molecular weight is 425 g/mol. The first-order valence-electron chi connectivity index (χ1n) is 7.93. The maximum Gasteiger partial charge on any atom is 0.408 e. The summed E-state index contributed by atoms with van der Waals surface area (Å²) in [5.74, 6) is 0. The Morgan fingerprint density at radius 3 is 2.62 bits per heavy atom. The number of nitrogens with one attached hydrogen (secondary N) is 1. The summed E-state index contributed by atoms with van der Waals surface area (Å²) >= 11 is 3.33. The van der Waals surface area contributed by atoms with E-state index in [0.29, 0.717) is 5.56 Å². The van der Waals surface area contributed by atoms with Gasteiger partial charge in [0.05, 0.1) is 27.7 Å². The van der Waals surface area contributed by atoms with Crippen LogP contribution >= 0.6 is 15.9 Å². The number of hydrogen-bond acceptors (Lipinski definition) is 5. The van der Waals surface area contributed by atoms with E-state index in [0.717, 1.165) is 4.47 Å². The third-order valence-corrected chi connectivity index (χ3v) is 3.96. The molecule has 8 nitrogen and oxygen atoms in total. The number of nitro benzene ring substituents is 1. The van der Waals surface area contributed by atoms with Crippen LogP contribution in [0.2, 0.25) is 0 Å². The number of nitro groups is 1. The van der Waals surface area contributed by atoms with E-state index < -0.39 is 22.2 Å². The number of benzene rings is 1. The van der Waals surface area contributed by atoms with Gasteiger partial charge >= 0.3 is 6.09 Å². The SMILES string of the molecule is CC(C)(C)OC(=O)NC(C)(Cn1cc(Br)cn1)c1cccc([N+](=O)[O-])c1. The van der Waals surface area contributed by atoms with Crippen molar-refractivity contribution in [2.75, 3.05) is 0 Å². The van der Waals surface area contributed by atoms with Crippen LogP contribution in [0.25, 0.3) is 0 Å². The molecule has 1 aromatic heterocycles. The first kappa shape index (κ1) is 19.9. The van der Waals surface area contributed by atoms with Crippen LogP contribution in [-0.2, 0) is 16.8 Å². The number of amides is 1. The lowest BCUT2D eigenvalue weighted by Gasteiger charge is -2.32. The maximum absolute atomic E-state index is 12.4. The minimum Gasteiger partial charge on any atom is -0.444 e. The number of aromatic nitrogens is 2. The summed E-state index contributed by atoms with van der Waals surface area (Å²) < 4.78 is 7.78. The van der Waals surface area contributed by atoms with Crippen LogP contribution in [-0.4, -0.2) is 26.4 Å². The molecule has 1 heterocycles. The Bertz CT molecular complexity index is 815. The zero-order valence-corrected chi connectivity index (χ0v) is 16.6. The number of halogens is 1. The van der Waals surface area contributed by atoms with Gasteiger partial charge in [0.15, 0.2) is 0 Å². The number of alkyl carbamates (subject to hydrolysis) is 1. The fraction of sp³-hybridized carbons (Fsp3) is 0.412. The van der Waals surface area contributed by atoms with Crippen molar-refractivity contribution < 1.29 is 14.5 Å². The summed E-state index contributed by atoms with van der Waals surface area (Å²) in [6, 6.07) is 6.15. The third kappa shape index (κ3) is 5.29. The second kappa shape index (κ2) is 7.45. The fourth-order valence-electron chi connectivity index (χ4n) is 2.44. The van der Waals surface area contributed by atoms with Crippen molar-refractivity contribution in [1.82, 2.24) is 15.1 Å². The largest absolute Gasteiger partial charge is 0.444 e. The predicted octanol–water partition coefficient (Wildman–Crippen LogP) is 3.99. The standard InChI is InChI=1S/C17H21BrN4O4/c1-16(2,3)26-15(23)20-17(4,11-21-10-13(18)9-19-21)12-6-5-7-14(8-12)22(24)25/h5-10H,11H2,1-4H3,(H,20,23). The lowest BCUT2D eigenvalue weighted by atomic mass is 9.91. The van der Waals surface area contributed by atoms with Gasteiger partial charge in [-0.3, -0.25) is 14.8 Å². The Hall–Kier alpha value is -2.42. The third-order valence-electron chi connectivity index (χ3n) is 3.55. The molecule has 1 atom stereocenters. The molecule has 0 aliphatic rings. The smallest absolute Gasteiger partial charge is 0.408 e. The first-order valence-corrected chi connectivity index (χ1v) is 8.72. The van der Waals surface area contributed by atoms with E-state index in [1.54, 1.807) is 56.9 Å². The van der Waals surface area contributed by atoms with Crippen LogP contribution in [0.15, 0.2) is 41.1 Å². The van der Waals surface area contributed by atoms with Crippen molar-refractivity contribution in [2.45, 2.75) is 45.4 Å². The van der Waals surface area contributed by atoms with Crippen molar-refractivity contribution in [3.8, 4) is 0 Å². The summed E-state index contributed by atoms with van der Waals surface area (Å²) in [6.45, 7) is 7.33. The highest BCUT2D eigenvalue weighted by Gasteiger charge is 2.33. The lowest BCUT2D eigenvalue weighted by molar-refractivity contribution is -0.385. The summed E-state index contributed by atoms with van der Waals surface area (Å²) in [6.07, 6.45) is 2.77. The van der Waals surface area contributed by atoms with E-state index in [-0.39, 0.29) is 12.2 Å². The minimum absolute atomic E-state index is 0.0543. The summed E-state index contributed by atoms with van der Waals surface area (Å²) in [4.78, 5) is 23.0. The molecular weight excluding hydrogens is 404 g/mol. The van der Waals surface area contributed by atoms with E-state index in [4.69, 9.17) is 4.74 Å². The molecule has 0 spiro atoms. The Morgan fingerprint density at radius 2 is 2.08 bits per heavy atom. The summed E-state index contributed by atoms with van der Waals surface area (Å²) in [5, 5.41) is 18.2. The fourth-order valence-corrected chi connectivity index (χ4v) is 2.77. The molecule has 0 saturated heterocycles. The van der Waals surface area contributed by atoms with Crippen molar-refractivity contribution >= 4 is 27.7 Å². The van der Waals surface area contributed by atoms with Crippen LogP contribution in [0, 0.1) is 10.1 Å². The second-order valence-corrected chi connectivity index (χ2v) is 8.04. The van der Waals surface area contributed by atoms with Crippen LogP contribution in [0.1, 0.15) is 33.3 Å². The molecule has 0 aliphatic heterocycles. The van der Waals surface area contributed by atoms with E-state index in [2.05, 4.69) is 26.3 Å². The number of hydrogen-bond donors (Lipinski definition) is 1. The second-order valence-electron chi connectivity index (χ2n) is 7.12. The topological polar surface area (TPSA) is 99.3 Å². The van der Waals surface area contributed by atoms with Gasteiger partial charge in [0.1, 0.15) is 5.60 Å². The number of nitrogens with zero attached hydrogens (tertiary/aromatic N) is 3. The van der Waals surface area contributed by atoms with E-state index in [1.165, 1.54) is 12.1 Å². The van der Waals surface area contributed by atoms with Gasteiger partial charge in [-0.2, -0.15) is 5.10 Å². The normalized spacial score (nSPS) is 13.7. The zero-order valence-electron chi connectivity index (χ0n) is 15.0. The lowest BCUT2D eigenvalue weighted by Crippen LogP contribution is -2.48. The molecule has 0 bridgehead atoms. The van der Waals surface area contributed by atoms with Gasteiger partial charge in [0.25, 0.3) is 5.69 Å². The minimum atomic E-state index is -0.972. The van der Waals surface area contributed by atoms with Gasteiger partial charge in [0.2, 0.25) is 0 Å². The van der Waals surface area contributed by atoms with Crippen LogP contribution in [0.3, 0.4) is 0 Å². The Kier molecular flexibility index (Phi) is 5.70. The molecule has 1 amide bonds. The van der Waals surface area contributed by atoms with Crippen LogP contribution in [0.4, 0.5) is 10.5 Å². The Balaban J connectivity index is 2.38. The summed E-state index contributed by atoms with van der Waals surface area (Å²) in [5.41, 5.74) is -1.12. The molecule has 2 rings (SSSR count). The maximum atomic E-state index is 12.4. The molecule has 9 heteroatoms. The monoisotopic (exact) mass is 424 g/mol. The Morgan fingerprint density at radius 1 is 1.38 bits per heavy atom. The van der Waals surface area contributed by atoms with Gasteiger partial charge in [-0.15, -0.1) is 0 Å². The Labute approximate surface area is 159 Å². The molecule has 0 aliphatic carbocycles. The molecule has 0 saturated carbocycles. The van der Waals surface area contributed by atoms with Crippen molar-refractivity contribution in [2.24, 2.45) is 0 Å². The number of carbonyl (C=O) groups is 1. The number of non-ortho nitro benzene ring substituents is 1. The van der Waals surface area contributed by atoms with E-state index >= 15 is 0 Å². The highest BCUT2D eigenvalue weighted by atomic mass is 79.9. The number of rotatable bonds is 5. The van der Waals surface area contributed by atoms with Crippen molar-refractivity contribution in [3.05, 3.63) is 56.8 Å². The van der Waals surface area contributed by atoms with Gasteiger partial charge in [-0.05, 0) is 49.2 Å². The number of carbonyl (C=O) groups excluding carboxylic acids is 1. The van der Waals surface area contributed by atoms with Crippen LogP contribution < -0.4 is 5.32 Å². The molecule has 26 heavy (non-hydrogen) atoms. The summed E-state index contributed by atoms with van der Waals surface area (Å²) in [7, 11) is 0. The molecule has 140 valence electrons. The first-order chi connectivity index (χ1) is 12.0.